The molecule has 1 heterocycles. The van der Waals surface area contributed by atoms with Gasteiger partial charge in [0.05, 0.1) is 12.4 Å². The lowest BCUT2D eigenvalue weighted by atomic mass is 10.1. The largest absolute Gasteiger partial charge is 0.497 e. The van der Waals surface area contributed by atoms with E-state index < -0.39 is 17.2 Å². The smallest absolute Gasteiger partial charge is 0.318 e. The highest BCUT2D eigenvalue weighted by molar-refractivity contribution is 8.00. The van der Waals surface area contributed by atoms with Crippen molar-refractivity contribution in [3.05, 3.63) is 36.7 Å². The van der Waals surface area contributed by atoms with Crippen LogP contribution in [0.25, 0.3) is 5.69 Å². The van der Waals surface area contributed by atoms with Gasteiger partial charge in [-0.3, -0.25) is 14.7 Å². The molecular formula is C16H20N4O3S. The molecule has 1 atom stereocenters. The van der Waals surface area contributed by atoms with Gasteiger partial charge in [0.25, 0.3) is 0 Å². The minimum atomic E-state index is -0.857. The lowest BCUT2D eigenvalue weighted by Gasteiger charge is -2.19. The molecule has 3 N–H and O–H groups in total. The highest BCUT2D eigenvalue weighted by atomic mass is 32.2. The molecule has 0 aliphatic carbocycles. The van der Waals surface area contributed by atoms with E-state index in [-0.39, 0.29) is 5.92 Å². The Labute approximate surface area is 144 Å². The molecule has 0 fully saturated rings. The van der Waals surface area contributed by atoms with Crippen molar-refractivity contribution >= 4 is 23.7 Å². The number of carbonyl (C=O) groups excluding carboxylic acids is 2. The predicted octanol–water partition coefficient (Wildman–Crippen LogP) is 2.19. The Balaban J connectivity index is 2.24. The van der Waals surface area contributed by atoms with Gasteiger partial charge in [-0.1, -0.05) is 25.6 Å². The van der Waals surface area contributed by atoms with E-state index >= 15 is 0 Å². The molecule has 0 aliphatic rings. The number of hydrogen-bond donors (Lipinski definition) is 2. The fourth-order valence-electron chi connectivity index (χ4n) is 2.11. The first-order valence-electron chi connectivity index (χ1n) is 7.37. The van der Waals surface area contributed by atoms with Crippen LogP contribution in [0.1, 0.15) is 13.8 Å². The highest BCUT2D eigenvalue weighted by Gasteiger charge is 2.26. The van der Waals surface area contributed by atoms with Crippen molar-refractivity contribution in [1.29, 1.82) is 0 Å². The summed E-state index contributed by atoms with van der Waals surface area (Å²) in [6.07, 6.45) is 3.48. The summed E-state index contributed by atoms with van der Waals surface area (Å²) in [6, 6.07) is 6.65. The number of rotatable bonds is 6. The molecule has 3 amide bonds. The number of nitrogens with one attached hydrogen (secondary N) is 1. The number of methoxy groups -OCH3 is 1. The molecule has 2 rings (SSSR count). The maximum absolute atomic E-state index is 12.2. The second kappa shape index (κ2) is 7.87. The van der Waals surface area contributed by atoms with Gasteiger partial charge in [0.2, 0.25) is 5.91 Å². The SMILES string of the molecule is COc1ccc(-n2ccnc2SC(C(=O)NC(N)=O)C(C)C)cc1. The minimum Gasteiger partial charge on any atom is -0.497 e. The minimum absolute atomic E-state index is 0.00429. The lowest BCUT2D eigenvalue weighted by Crippen LogP contribution is -2.42. The number of carbonyl (C=O) groups is 2. The molecular weight excluding hydrogens is 328 g/mol. The third-order valence-electron chi connectivity index (χ3n) is 3.30. The number of amides is 3. The van der Waals surface area contributed by atoms with Crippen LogP contribution in [0.3, 0.4) is 0 Å². The molecule has 7 nitrogen and oxygen atoms in total. The second-order valence-corrected chi connectivity index (χ2v) is 6.52. The number of imide groups is 1. The van der Waals surface area contributed by atoms with Crippen molar-refractivity contribution in [2.45, 2.75) is 24.3 Å². The number of benzene rings is 1. The Morgan fingerprint density at radius 2 is 1.96 bits per heavy atom. The Kier molecular flexibility index (Phi) is 5.86. The molecule has 0 saturated heterocycles. The summed E-state index contributed by atoms with van der Waals surface area (Å²) in [5.74, 6) is 0.330. The van der Waals surface area contributed by atoms with Gasteiger partial charge in [-0.15, -0.1) is 0 Å². The first-order valence-corrected chi connectivity index (χ1v) is 8.25. The van der Waals surface area contributed by atoms with Crippen LogP contribution in [0, 0.1) is 5.92 Å². The average molecular weight is 348 g/mol. The van der Waals surface area contributed by atoms with E-state index in [2.05, 4.69) is 10.3 Å². The monoisotopic (exact) mass is 348 g/mol. The number of urea groups is 1. The second-order valence-electron chi connectivity index (χ2n) is 5.41. The molecule has 0 saturated carbocycles. The van der Waals surface area contributed by atoms with Crippen molar-refractivity contribution in [3.63, 3.8) is 0 Å². The third kappa shape index (κ3) is 4.29. The summed E-state index contributed by atoms with van der Waals surface area (Å²) in [4.78, 5) is 27.4. The number of aromatic nitrogens is 2. The standard InChI is InChI=1S/C16H20N4O3S/c1-10(2)13(14(21)19-15(17)22)24-16-18-8-9-20(16)11-4-6-12(23-3)7-5-11/h4-10,13H,1-3H3,(H3,17,19,21,22). The zero-order valence-corrected chi connectivity index (χ0v) is 14.5. The topological polar surface area (TPSA) is 99.2 Å². The van der Waals surface area contributed by atoms with Gasteiger partial charge in [0.1, 0.15) is 5.75 Å². The first kappa shape index (κ1) is 17.9. The van der Waals surface area contributed by atoms with E-state index in [0.717, 1.165) is 11.4 Å². The number of nitrogens with two attached hydrogens (primary N) is 1. The van der Waals surface area contributed by atoms with Crippen molar-refractivity contribution in [1.82, 2.24) is 14.9 Å². The van der Waals surface area contributed by atoms with E-state index in [1.54, 1.807) is 13.3 Å². The van der Waals surface area contributed by atoms with Gasteiger partial charge in [-0.05, 0) is 30.2 Å². The van der Waals surface area contributed by atoms with Crippen LogP contribution < -0.4 is 15.8 Å². The van der Waals surface area contributed by atoms with E-state index in [4.69, 9.17) is 10.5 Å². The molecule has 0 radical (unpaired) electrons. The van der Waals surface area contributed by atoms with Crippen molar-refractivity contribution in [3.8, 4) is 11.4 Å². The van der Waals surface area contributed by atoms with E-state index in [1.165, 1.54) is 11.8 Å². The molecule has 128 valence electrons. The Hall–Kier alpha value is -2.48. The van der Waals surface area contributed by atoms with Crippen LogP contribution in [0.5, 0.6) is 5.75 Å². The van der Waals surface area contributed by atoms with Crippen molar-refractivity contribution in [2.24, 2.45) is 11.7 Å². The molecule has 8 heteroatoms. The maximum Gasteiger partial charge on any atom is 0.318 e. The summed E-state index contributed by atoms with van der Waals surface area (Å²) in [6.45, 7) is 3.80. The summed E-state index contributed by atoms with van der Waals surface area (Å²) < 4.78 is 7.03. The zero-order chi connectivity index (χ0) is 17.7. The van der Waals surface area contributed by atoms with Crippen molar-refractivity contribution in [2.75, 3.05) is 7.11 Å². The van der Waals surface area contributed by atoms with Crippen LogP contribution in [0.4, 0.5) is 4.79 Å². The van der Waals surface area contributed by atoms with Gasteiger partial charge in [-0.25, -0.2) is 9.78 Å². The molecule has 0 aliphatic heterocycles. The van der Waals surface area contributed by atoms with Gasteiger partial charge in [0.15, 0.2) is 5.16 Å². The van der Waals surface area contributed by atoms with Crippen LogP contribution in [-0.4, -0.2) is 33.8 Å². The Bertz CT molecular complexity index is 712. The number of hydrogen-bond acceptors (Lipinski definition) is 5. The zero-order valence-electron chi connectivity index (χ0n) is 13.7. The number of primary amides is 1. The molecule has 1 unspecified atom stereocenters. The number of ether oxygens (including phenoxy) is 1. The van der Waals surface area contributed by atoms with Crippen molar-refractivity contribution < 1.29 is 14.3 Å². The van der Waals surface area contributed by atoms with Crippen LogP contribution >= 0.6 is 11.8 Å². The van der Waals surface area contributed by atoms with Crippen LogP contribution in [0.15, 0.2) is 41.8 Å². The lowest BCUT2D eigenvalue weighted by molar-refractivity contribution is -0.120. The average Bonchev–Trinajstić information content (AvgIpc) is 2.99. The number of thioether (sulfide) groups is 1. The first-order chi connectivity index (χ1) is 11.4. The third-order valence-corrected chi connectivity index (χ3v) is 4.83. The van der Waals surface area contributed by atoms with E-state index in [9.17, 15) is 9.59 Å². The summed E-state index contributed by atoms with van der Waals surface area (Å²) >= 11 is 1.29. The quantitative estimate of drug-likeness (QED) is 0.780. The van der Waals surface area contributed by atoms with Crippen LogP contribution in [0.2, 0.25) is 0 Å². The molecule has 0 spiro atoms. The van der Waals surface area contributed by atoms with Gasteiger partial charge >= 0.3 is 6.03 Å². The summed E-state index contributed by atoms with van der Waals surface area (Å²) in [7, 11) is 1.61. The molecule has 24 heavy (non-hydrogen) atoms. The van der Waals surface area contributed by atoms with Gasteiger partial charge < -0.3 is 10.5 Å². The fraction of sp³-hybridized carbons (Fsp3) is 0.312. The molecule has 2 aromatic rings. The highest BCUT2D eigenvalue weighted by Crippen LogP contribution is 2.29. The van der Waals surface area contributed by atoms with E-state index in [0.29, 0.717) is 5.16 Å². The molecule has 0 bridgehead atoms. The van der Waals surface area contributed by atoms with E-state index in [1.807, 2.05) is 48.9 Å². The van der Waals surface area contributed by atoms with Gasteiger partial charge in [-0.2, -0.15) is 0 Å². The molecule has 1 aromatic heterocycles. The Morgan fingerprint density at radius 3 is 2.50 bits per heavy atom. The number of imidazole rings is 1. The summed E-state index contributed by atoms with van der Waals surface area (Å²) in [5.41, 5.74) is 5.94. The summed E-state index contributed by atoms with van der Waals surface area (Å²) in [5, 5.41) is 2.30. The van der Waals surface area contributed by atoms with Gasteiger partial charge in [0, 0.05) is 18.1 Å². The molecule has 1 aromatic carbocycles. The number of nitrogens with zero attached hydrogens (tertiary/aromatic N) is 2. The van der Waals surface area contributed by atoms with Crippen LogP contribution in [-0.2, 0) is 4.79 Å². The normalized spacial score (nSPS) is 12.0. The maximum atomic E-state index is 12.2. The predicted molar refractivity (Wildman–Crippen MR) is 92.3 cm³/mol. The fourth-order valence-corrected chi connectivity index (χ4v) is 3.18. The Morgan fingerprint density at radius 1 is 1.29 bits per heavy atom.